The molecule has 2 bridgehead atoms. The number of anilines is 1. The van der Waals surface area contributed by atoms with E-state index in [1.807, 2.05) is 0 Å². The van der Waals surface area contributed by atoms with Crippen LogP contribution in [-0.2, 0) is 33.4 Å². The van der Waals surface area contributed by atoms with Gasteiger partial charge in [-0.2, -0.15) is 0 Å². The van der Waals surface area contributed by atoms with Crippen LogP contribution in [0.3, 0.4) is 0 Å². The summed E-state index contributed by atoms with van der Waals surface area (Å²) >= 11 is 3.19. The highest BCUT2D eigenvalue weighted by atomic mass is 79.9. The summed E-state index contributed by atoms with van der Waals surface area (Å²) in [7, 11) is 0. The topological polar surface area (TPSA) is 142 Å². The molecule has 3 heterocycles. The molecule has 11 nitrogen and oxygen atoms in total. The molecule has 2 fully saturated rings. The number of imide groups is 1. The average Bonchev–Trinajstić information content (AvgIpc) is 3.27. The van der Waals surface area contributed by atoms with Gasteiger partial charge in [0.2, 0.25) is 11.8 Å². The first-order valence-corrected chi connectivity index (χ1v) is 10.3. The summed E-state index contributed by atoms with van der Waals surface area (Å²) in [6.45, 7) is 3.83. The van der Waals surface area contributed by atoms with Gasteiger partial charge in [-0.25, -0.2) is 4.90 Å². The third-order valence-electron chi connectivity index (χ3n) is 5.78. The van der Waals surface area contributed by atoms with Gasteiger partial charge in [-0.15, -0.1) is 0 Å². The molecule has 0 saturated carbocycles. The van der Waals surface area contributed by atoms with Crippen LogP contribution in [0.15, 0.2) is 34.8 Å². The Bertz CT molecular complexity index is 1100. The van der Waals surface area contributed by atoms with Crippen LogP contribution in [-0.4, -0.2) is 46.2 Å². The van der Waals surface area contributed by atoms with Gasteiger partial charge in [0.1, 0.15) is 0 Å². The lowest BCUT2D eigenvalue weighted by molar-refractivity contribution is -0.384. The zero-order chi connectivity index (χ0) is 23.6. The third-order valence-corrected chi connectivity index (χ3v) is 6.41. The Balaban J connectivity index is 1.79. The summed E-state index contributed by atoms with van der Waals surface area (Å²) in [5, 5.41) is 11.0. The molecule has 0 radical (unpaired) electrons. The van der Waals surface area contributed by atoms with Gasteiger partial charge >= 0.3 is 11.9 Å². The first-order chi connectivity index (χ1) is 14.9. The van der Waals surface area contributed by atoms with Crippen molar-refractivity contribution in [1.29, 1.82) is 0 Å². The summed E-state index contributed by atoms with van der Waals surface area (Å²) in [6, 6.07) is 3.65. The normalized spacial score (nSPS) is 30.1. The molecule has 0 unspecified atom stereocenters. The largest absolute Gasteiger partial charge is 0.422 e. The fourth-order valence-electron chi connectivity index (χ4n) is 4.59. The molecule has 0 aromatic heterocycles. The number of hydrogen-bond acceptors (Lipinski definition) is 9. The molecule has 4 rings (SSSR count). The number of nitrogens with zero attached hydrogens (tertiary/aromatic N) is 2. The molecule has 2 saturated heterocycles. The maximum Gasteiger partial charge on any atom is 0.305 e. The first kappa shape index (κ1) is 22.1. The van der Waals surface area contributed by atoms with E-state index >= 15 is 0 Å². The van der Waals surface area contributed by atoms with Crippen LogP contribution in [0.25, 0.3) is 0 Å². The summed E-state index contributed by atoms with van der Waals surface area (Å²) in [6.07, 6.45) is 1.46. The number of carbonyl (C=O) groups is 4. The van der Waals surface area contributed by atoms with Gasteiger partial charge in [0.25, 0.3) is 12.0 Å². The highest BCUT2D eigenvalue weighted by molar-refractivity contribution is 9.10. The Morgan fingerprint density at radius 3 is 2.28 bits per heavy atom. The van der Waals surface area contributed by atoms with Gasteiger partial charge in [0, 0.05) is 30.5 Å². The zero-order valence-electron chi connectivity index (χ0n) is 17.1. The highest BCUT2D eigenvalue weighted by Gasteiger charge is 2.76. The molecule has 0 aliphatic carbocycles. The van der Waals surface area contributed by atoms with Gasteiger partial charge in [0.05, 0.1) is 28.0 Å². The van der Waals surface area contributed by atoms with Gasteiger partial charge in [0.15, 0.2) is 5.60 Å². The monoisotopic (exact) mass is 508 g/mol. The van der Waals surface area contributed by atoms with E-state index in [4.69, 9.17) is 14.2 Å². The Morgan fingerprint density at radius 2 is 1.75 bits per heavy atom. The van der Waals surface area contributed by atoms with Gasteiger partial charge < -0.3 is 14.2 Å². The van der Waals surface area contributed by atoms with E-state index in [1.54, 1.807) is 13.0 Å². The number of fused-ring (bicyclic) bond motifs is 5. The fourth-order valence-corrected chi connectivity index (χ4v) is 5.14. The van der Waals surface area contributed by atoms with Crippen molar-refractivity contribution in [2.45, 2.75) is 38.3 Å². The van der Waals surface area contributed by atoms with Gasteiger partial charge in [-0.05, 0) is 35.0 Å². The van der Waals surface area contributed by atoms with Crippen LogP contribution in [0.1, 0.15) is 20.8 Å². The second-order valence-corrected chi connectivity index (χ2v) is 8.74. The zero-order valence-corrected chi connectivity index (χ0v) is 18.7. The molecule has 168 valence electrons. The summed E-state index contributed by atoms with van der Waals surface area (Å²) < 4.78 is 16.6. The summed E-state index contributed by atoms with van der Waals surface area (Å²) in [4.78, 5) is 61.6. The van der Waals surface area contributed by atoms with Crippen LogP contribution < -0.4 is 4.90 Å². The minimum atomic E-state index is -1.70. The molecule has 2 amide bonds. The minimum absolute atomic E-state index is 0.120. The number of ether oxygens (including phenoxy) is 3. The number of nitro groups is 1. The van der Waals surface area contributed by atoms with Gasteiger partial charge in [-0.3, -0.25) is 29.3 Å². The van der Waals surface area contributed by atoms with Crippen molar-refractivity contribution < 1.29 is 38.3 Å². The van der Waals surface area contributed by atoms with Crippen molar-refractivity contribution in [1.82, 2.24) is 0 Å². The number of carbonyl (C=O) groups excluding carboxylic acids is 4. The summed E-state index contributed by atoms with van der Waals surface area (Å²) in [5.41, 5.74) is -3.03. The number of nitro benzene ring substituents is 1. The van der Waals surface area contributed by atoms with E-state index in [2.05, 4.69) is 15.9 Å². The number of amides is 2. The fraction of sp³-hybridized carbons (Fsp3) is 0.400. The second kappa shape index (κ2) is 7.20. The third kappa shape index (κ3) is 3.05. The van der Waals surface area contributed by atoms with E-state index < -0.39 is 58.0 Å². The van der Waals surface area contributed by atoms with Crippen molar-refractivity contribution in [3.05, 3.63) is 44.9 Å². The van der Waals surface area contributed by atoms with E-state index in [0.717, 1.165) is 18.7 Å². The predicted molar refractivity (Wildman–Crippen MR) is 109 cm³/mol. The number of rotatable bonds is 5. The highest BCUT2D eigenvalue weighted by Crippen LogP contribution is 2.59. The van der Waals surface area contributed by atoms with Crippen LogP contribution in [0.2, 0.25) is 0 Å². The summed E-state index contributed by atoms with van der Waals surface area (Å²) in [5.74, 6) is -4.95. The van der Waals surface area contributed by atoms with Gasteiger partial charge in [-0.1, -0.05) is 6.08 Å². The van der Waals surface area contributed by atoms with E-state index in [9.17, 15) is 29.3 Å². The van der Waals surface area contributed by atoms with E-state index in [0.29, 0.717) is 0 Å². The predicted octanol–water partition coefficient (Wildman–Crippen LogP) is 2.01. The molecule has 32 heavy (non-hydrogen) atoms. The molecule has 1 aromatic carbocycles. The SMILES string of the molecule is CC(=O)OC(OC(C)=O)[C@@]12C=C[C@@](C)(O1)[C@H]1C(=O)N(c3ccc([N+](=O)[O-])cc3Br)C(=O)[C@@H]12. The molecule has 0 spiro atoms. The number of halogens is 1. The van der Waals surface area contributed by atoms with Crippen LogP contribution in [0, 0.1) is 22.0 Å². The van der Waals surface area contributed by atoms with Crippen molar-refractivity contribution in [2.24, 2.45) is 11.8 Å². The van der Waals surface area contributed by atoms with Crippen molar-refractivity contribution in [3.63, 3.8) is 0 Å². The number of esters is 2. The standard InChI is InChI=1S/C20H17BrN2O9/c1-9(24)30-18(31-10(2)25)20-7-6-19(3,32-20)14-15(20)17(27)22(16(14)26)13-5-4-11(23(28)29)8-12(13)21/h4-8,14-15,18H,1-3H3/t14-,15-,19-,20+/m1/s1. The Labute approximate surface area is 189 Å². The molecule has 0 N–H and O–H groups in total. The lowest BCUT2D eigenvalue weighted by atomic mass is 9.72. The smallest absolute Gasteiger partial charge is 0.305 e. The number of benzene rings is 1. The molecule has 12 heteroatoms. The number of non-ortho nitro benzene ring substituents is 1. The Hall–Kier alpha value is -3.12. The van der Waals surface area contributed by atoms with Crippen molar-refractivity contribution >= 4 is 51.1 Å². The van der Waals surface area contributed by atoms with Crippen LogP contribution >= 0.6 is 15.9 Å². The van der Waals surface area contributed by atoms with E-state index in [-0.39, 0.29) is 15.8 Å². The number of hydrogen-bond donors (Lipinski definition) is 0. The van der Waals surface area contributed by atoms with Crippen LogP contribution in [0.4, 0.5) is 11.4 Å². The maximum atomic E-state index is 13.5. The lowest BCUT2D eigenvalue weighted by Crippen LogP contribution is -2.52. The Kier molecular flexibility index (Phi) is 4.97. The lowest BCUT2D eigenvalue weighted by Gasteiger charge is -2.34. The maximum absolute atomic E-state index is 13.5. The van der Waals surface area contributed by atoms with Crippen LogP contribution in [0.5, 0.6) is 0 Å². The molecular formula is C20H17BrN2O9. The van der Waals surface area contributed by atoms with Crippen molar-refractivity contribution in [2.75, 3.05) is 4.90 Å². The molecular weight excluding hydrogens is 492 g/mol. The van der Waals surface area contributed by atoms with Crippen molar-refractivity contribution in [3.8, 4) is 0 Å². The molecule has 4 atom stereocenters. The molecule has 3 aliphatic rings. The molecule has 3 aliphatic heterocycles. The quantitative estimate of drug-likeness (QED) is 0.145. The first-order valence-electron chi connectivity index (χ1n) is 9.48. The molecule has 1 aromatic rings. The van der Waals surface area contributed by atoms with E-state index in [1.165, 1.54) is 24.3 Å². The Morgan fingerprint density at radius 1 is 1.16 bits per heavy atom. The second-order valence-electron chi connectivity index (χ2n) is 7.88. The average molecular weight is 509 g/mol. The minimum Gasteiger partial charge on any atom is -0.422 e.